The molecule has 0 aliphatic rings. The molecule has 0 amide bonds. The molecule has 0 radical (unpaired) electrons. The van der Waals surface area contributed by atoms with Crippen LogP contribution in [0.25, 0.3) is 0 Å². The number of hydrogen-bond donors (Lipinski definition) is 1. The molecular formula is C26H35NO5. The second kappa shape index (κ2) is 11.2. The molecule has 6 heteroatoms. The highest BCUT2D eigenvalue weighted by Crippen LogP contribution is 2.34. The SMILES string of the molecule is CCCC(O)(CCC)c1ccc(CN(Cc2ccco2)Cc2cccc(OC)c2OC)o1. The Balaban J connectivity index is 1.84. The lowest BCUT2D eigenvalue weighted by molar-refractivity contribution is -0.00529. The van der Waals surface area contributed by atoms with E-state index in [1.807, 2.05) is 42.5 Å². The van der Waals surface area contributed by atoms with Crippen LogP contribution in [0.3, 0.4) is 0 Å². The Morgan fingerprint density at radius 3 is 2.25 bits per heavy atom. The lowest BCUT2D eigenvalue weighted by atomic mass is 9.90. The van der Waals surface area contributed by atoms with Gasteiger partial charge in [-0.3, -0.25) is 4.90 Å². The summed E-state index contributed by atoms with van der Waals surface area (Å²) < 4.78 is 22.8. The highest BCUT2D eigenvalue weighted by Gasteiger charge is 2.31. The van der Waals surface area contributed by atoms with Crippen molar-refractivity contribution < 1.29 is 23.4 Å². The molecule has 2 aromatic heterocycles. The van der Waals surface area contributed by atoms with Gasteiger partial charge in [0.1, 0.15) is 22.9 Å². The summed E-state index contributed by atoms with van der Waals surface area (Å²) in [6, 6.07) is 13.6. The van der Waals surface area contributed by atoms with Crippen LogP contribution >= 0.6 is 0 Å². The minimum Gasteiger partial charge on any atom is -0.493 e. The van der Waals surface area contributed by atoms with Gasteiger partial charge in [0.05, 0.1) is 33.6 Å². The van der Waals surface area contributed by atoms with Crippen molar-refractivity contribution >= 4 is 0 Å². The van der Waals surface area contributed by atoms with Crippen LogP contribution < -0.4 is 9.47 Å². The third-order valence-corrected chi connectivity index (χ3v) is 5.66. The fourth-order valence-corrected chi connectivity index (χ4v) is 4.24. The summed E-state index contributed by atoms with van der Waals surface area (Å²) in [4.78, 5) is 2.22. The normalized spacial score (nSPS) is 11.8. The van der Waals surface area contributed by atoms with E-state index in [9.17, 15) is 5.11 Å². The highest BCUT2D eigenvalue weighted by atomic mass is 16.5. The summed E-state index contributed by atoms with van der Waals surface area (Å²) in [5, 5.41) is 11.1. The van der Waals surface area contributed by atoms with Crippen molar-refractivity contribution in [2.24, 2.45) is 0 Å². The second-order valence-electron chi connectivity index (χ2n) is 8.17. The first kappa shape index (κ1) is 24.0. The molecule has 0 unspecified atom stereocenters. The van der Waals surface area contributed by atoms with Gasteiger partial charge in [-0.2, -0.15) is 0 Å². The number of rotatable bonds is 13. The fraction of sp³-hybridized carbons (Fsp3) is 0.462. The number of aliphatic hydroxyl groups is 1. The summed E-state index contributed by atoms with van der Waals surface area (Å²) >= 11 is 0. The second-order valence-corrected chi connectivity index (χ2v) is 8.17. The zero-order valence-electron chi connectivity index (χ0n) is 19.6. The zero-order chi connectivity index (χ0) is 23.0. The van der Waals surface area contributed by atoms with Crippen molar-refractivity contribution in [1.29, 1.82) is 0 Å². The van der Waals surface area contributed by atoms with Crippen molar-refractivity contribution in [3.8, 4) is 11.5 Å². The maximum Gasteiger partial charge on any atom is 0.165 e. The first-order chi connectivity index (χ1) is 15.5. The van der Waals surface area contributed by atoms with Gasteiger partial charge < -0.3 is 23.4 Å². The van der Waals surface area contributed by atoms with Crippen LogP contribution in [0.4, 0.5) is 0 Å². The average molecular weight is 442 g/mol. The van der Waals surface area contributed by atoms with Crippen LogP contribution in [0.1, 0.15) is 62.4 Å². The summed E-state index contributed by atoms with van der Waals surface area (Å²) in [7, 11) is 3.29. The summed E-state index contributed by atoms with van der Waals surface area (Å²) in [6.45, 7) is 5.95. The fourth-order valence-electron chi connectivity index (χ4n) is 4.24. The minimum absolute atomic E-state index is 0.565. The molecule has 1 aromatic carbocycles. The molecule has 32 heavy (non-hydrogen) atoms. The van der Waals surface area contributed by atoms with Crippen LogP contribution in [0, 0.1) is 0 Å². The van der Waals surface area contributed by atoms with Crippen molar-refractivity contribution in [2.45, 2.75) is 64.8 Å². The van der Waals surface area contributed by atoms with Crippen molar-refractivity contribution in [3.05, 3.63) is 71.6 Å². The molecule has 3 rings (SSSR count). The molecule has 3 aromatic rings. The molecule has 0 fully saturated rings. The van der Waals surface area contributed by atoms with Crippen molar-refractivity contribution in [2.75, 3.05) is 14.2 Å². The van der Waals surface area contributed by atoms with Crippen molar-refractivity contribution in [1.82, 2.24) is 4.90 Å². The van der Waals surface area contributed by atoms with Crippen LogP contribution in [-0.4, -0.2) is 24.2 Å². The summed E-state index contributed by atoms with van der Waals surface area (Å²) in [5.74, 6) is 3.74. The molecule has 0 atom stereocenters. The molecule has 2 heterocycles. The maximum atomic E-state index is 11.1. The lowest BCUT2D eigenvalue weighted by Gasteiger charge is -2.25. The van der Waals surface area contributed by atoms with E-state index in [0.717, 1.165) is 35.7 Å². The Bertz CT molecular complexity index is 941. The Morgan fingerprint density at radius 2 is 1.62 bits per heavy atom. The highest BCUT2D eigenvalue weighted by molar-refractivity contribution is 5.46. The van der Waals surface area contributed by atoms with E-state index in [2.05, 4.69) is 18.7 Å². The first-order valence-electron chi connectivity index (χ1n) is 11.3. The predicted molar refractivity (Wildman–Crippen MR) is 124 cm³/mol. The molecule has 0 aliphatic heterocycles. The number of nitrogens with zero attached hydrogens (tertiary/aromatic N) is 1. The average Bonchev–Trinajstić information content (AvgIpc) is 3.46. The lowest BCUT2D eigenvalue weighted by Crippen LogP contribution is -2.25. The topological polar surface area (TPSA) is 68.2 Å². The molecule has 0 aliphatic carbocycles. The maximum absolute atomic E-state index is 11.1. The van der Waals surface area contributed by atoms with Crippen LogP contribution in [0.2, 0.25) is 0 Å². The Labute approximate surface area is 190 Å². The van der Waals surface area contributed by atoms with E-state index in [1.165, 1.54) is 0 Å². The van der Waals surface area contributed by atoms with Gasteiger partial charge in [-0.1, -0.05) is 38.8 Å². The van der Waals surface area contributed by atoms with Crippen molar-refractivity contribution in [3.63, 3.8) is 0 Å². The van der Waals surface area contributed by atoms with Crippen LogP contribution in [0.15, 0.2) is 57.6 Å². The smallest absolute Gasteiger partial charge is 0.165 e. The third kappa shape index (κ3) is 5.75. The number of methoxy groups -OCH3 is 2. The molecule has 0 spiro atoms. The van der Waals surface area contributed by atoms with Gasteiger partial charge in [0.25, 0.3) is 0 Å². The molecule has 0 saturated carbocycles. The van der Waals surface area contributed by atoms with Gasteiger partial charge in [0, 0.05) is 12.1 Å². The number of para-hydroxylation sites is 1. The van der Waals surface area contributed by atoms with Crippen LogP contribution in [-0.2, 0) is 25.2 Å². The quantitative estimate of drug-likeness (QED) is 0.357. The number of furan rings is 2. The molecule has 1 N–H and O–H groups in total. The van der Waals surface area contributed by atoms with Gasteiger partial charge in [0.15, 0.2) is 11.5 Å². The van der Waals surface area contributed by atoms with E-state index in [4.69, 9.17) is 18.3 Å². The van der Waals surface area contributed by atoms with E-state index in [-0.39, 0.29) is 0 Å². The number of benzene rings is 1. The van der Waals surface area contributed by atoms with Gasteiger partial charge in [-0.05, 0) is 43.2 Å². The van der Waals surface area contributed by atoms with Gasteiger partial charge in [-0.15, -0.1) is 0 Å². The van der Waals surface area contributed by atoms with E-state index in [0.29, 0.717) is 44.0 Å². The Kier molecular flexibility index (Phi) is 8.42. The van der Waals surface area contributed by atoms with E-state index < -0.39 is 5.60 Å². The molecule has 0 bridgehead atoms. The number of ether oxygens (including phenoxy) is 2. The monoisotopic (exact) mass is 441 g/mol. The molecular weight excluding hydrogens is 406 g/mol. The minimum atomic E-state index is -0.913. The van der Waals surface area contributed by atoms with E-state index >= 15 is 0 Å². The zero-order valence-corrected chi connectivity index (χ0v) is 19.6. The van der Waals surface area contributed by atoms with E-state index in [1.54, 1.807) is 20.5 Å². The van der Waals surface area contributed by atoms with Crippen LogP contribution in [0.5, 0.6) is 11.5 Å². The number of hydrogen-bond acceptors (Lipinski definition) is 6. The summed E-state index contributed by atoms with van der Waals surface area (Å²) in [6.07, 6.45) is 4.84. The molecule has 6 nitrogen and oxygen atoms in total. The summed E-state index contributed by atoms with van der Waals surface area (Å²) in [5.41, 5.74) is 0.0996. The molecule has 174 valence electrons. The largest absolute Gasteiger partial charge is 0.493 e. The van der Waals surface area contributed by atoms with Gasteiger partial charge in [0.2, 0.25) is 0 Å². The molecule has 0 saturated heterocycles. The predicted octanol–water partition coefficient (Wildman–Crippen LogP) is 5.88. The third-order valence-electron chi connectivity index (χ3n) is 5.66. The first-order valence-corrected chi connectivity index (χ1v) is 11.3. The Morgan fingerprint density at radius 1 is 0.875 bits per heavy atom. The van der Waals surface area contributed by atoms with Gasteiger partial charge >= 0.3 is 0 Å². The standard InChI is InChI=1S/C26H35NO5/c1-5-14-26(28,15-6-2)24-13-12-22(32-24)19-27(18-21-10-8-16-31-21)17-20-9-7-11-23(29-3)25(20)30-4/h7-13,16,28H,5-6,14-15,17-19H2,1-4H3. The van der Waals surface area contributed by atoms with Gasteiger partial charge in [-0.25, -0.2) is 0 Å². The Hall–Kier alpha value is -2.70.